The zero-order valence-corrected chi connectivity index (χ0v) is 22.7. The molecule has 9 atom stereocenters. The molecule has 244 valence electrons. The monoisotopic (exact) mass is 626 g/mol. The van der Waals surface area contributed by atoms with Crippen molar-refractivity contribution in [3.8, 4) is 0 Å². The molecule has 8 N–H and O–H groups in total. The van der Waals surface area contributed by atoms with Crippen LogP contribution >= 0.6 is 0 Å². The van der Waals surface area contributed by atoms with Crippen molar-refractivity contribution >= 4 is 23.9 Å². The summed E-state index contributed by atoms with van der Waals surface area (Å²) < 4.78 is 36.5. The number of fused-ring (bicyclic) bond motifs is 3. The zero-order valence-electron chi connectivity index (χ0n) is 22.7. The summed E-state index contributed by atoms with van der Waals surface area (Å²) in [5.74, 6) is -24.9. The van der Waals surface area contributed by atoms with E-state index in [1.54, 1.807) is 0 Å². The molecule has 0 amide bonds. The molecule has 43 heavy (non-hydrogen) atoms. The first kappa shape index (κ1) is 33.3. The van der Waals surface area contributed by atoms with Gasteiger partial charge < -0.3 is 64.5 Å². The molecule has 0 bridgehead atoms. The molecule has 0 aromatic carbocycles. The highest BCUT2D eigenvalue weighted by atomic mass is 17.0. The third kappa shape index (κ3) is 5.37. The Morgan fingerprint density at radius 1 is 0.674 bits per heavy atom. The second-order valence-corrected chi connectivity index (χ2v) is 10.5. The molecule has 0 saturated carbocycles. The van der Waals surface area contributed by atoms with Crippen molar-refractivity contribution in [1.82, 2.24) is 0 Å². The van der Waals surface area contributed by atoms with Gasteiger partial charge in [-0.3, -0.25) is 28.7 Å². The number of aliphatic hydroxyl groups excluding tert-OH is 5. The largest absolute Gasteiger partial charge is 0.423 e. The molecule has 4 aliphatic heterocycles. The Labute approximate surface area is 242 Å². The van der Waals surface area contributed by atoms with Crippen molar-refractivity contribution in [3.05, 3.63) is 0 Å². The van der Waals surface area contributed by atoms with Crippen LogP contribution in [0.15, 0.2) is 0 Å². The molecular formula is C24H34O19. The Morgan fingerprint density at radius 3 is 1.63 bits per heavy atom. The number of esters is 4. The van der Waals surface area contributed by atoms with E-state index in [9.17, 15) is 60.0 Å². The van der Waals surface area contributed by atoms with Crippen LogP contribution in [0.2, 0.25) is 0 Å². The average molecular weight is 627 g/mol. The Morgan fingerprint density at radius 2 is 1.16 bits per heavy atom. The number of aliphatic hydroxyl groups is 8. The van der Waals surface area contributed by atoms with Crippen LogP contribution in [-0.2, 0) is 52.3 Å². The lowest BCUT2D eigenvalue weighted by atomic mass is 9.85. The van der Waals surface area contributed by atoms with Gasteiger partial charge >= 0.3 is 47.2 Å². The van der Waals surface area contributed by atoms with E-state index in [-0.39, 0.29) is 25.7 Å². The van der Waals surface area contributed by atoms with E-state index in [4.69, 9.17) is 33.2 Å². The first-order valence-corrected chi connectivity index (χ1v) is 13.5. The standard InChI is InChI=1S/C24H34O19/c25-9-12-18(32)19(33)20(11-27,37-12)43-24-23(36,41-16(30)7-3-4-8-17(31)42-24)22(35)21(34,13(10-26)38-24)39-14(28)5-1-2-6-15(29)40-22/h12-13,18-19,25-27,32-36H,1-11H2/t12-,13-,18-,19+,20?,21+,22-,23+,24+/m1/s1. The van der Waals surface area contributed by atoms with Crippen molar-refractivity contribution in [3.63, 3.8) is 0 Å². The highest BCUT2D eigenvalue weighted by Crippen LogP contribution is 2.55. The number of carbonyl (C=O) groups is 4. The summed E-state index contributed by atoms with van der Waals surface area (Å²) in [7, 11) is 0. The van der Waals surface area contributed by atoms with E-state index in [1.807, 2.05) is 0 Å². The summed E-state index contributed by atoms with van der Waals surface area (Å²) >= 11 is 0. The van der Waals surface area contributed by atoms with Gasteiger partial charge in [0.1, 0.15) is 24.9 Å². The van der Waals surface area contributed by atoms with Crippen LogP contribution in [0.1, 0.15) is 51.4 Å². The topological polar surface area (TPSA) is 295 Å². The molecule has 4 aliphatic rings. The first-order valence-electron chi connectivity index (χ1n) is 13.5. The van der Waals surface area contributed by atoms with Gasteiger partial charge in [0, 0.05) is 25.7 Å². The number of rotatable bonds is 5. The van der Waals surface area contributed by atoms with Gasteiger partial charge in [-0.15, -0.1) is 0 Å². The molecule has 4 saturated heterocycles. The van der Waals surface area contributed by atoms with Crippen LogP contribution in [0.5, 0.6) is 0 Å². The van der Waals surface area contributed by atoms with Crippen LogP contribution in [-0.4, -0.2) is 138 Å². The molecule has 0 aromatic rings. The Balaban J connectivity index is 2.02. The van der Waals surface area contributed by atoms with Crippen molar-refractivity contribution in [2.24, 2.45) is 0 Å². The minimum absolute atomic E-state index is 0.0256. The summed E-state index contributed by atoms with van der Waals surface area (Å²) in [4.78, 5) is 51.5. The van der Waals surface area contributed by atoms with Gasteiger partial charge in [-0.05, 0) is 25.7 Å². The number of hydrogen-bond donors (Lipinski definition) is 8. The maximum atomic E-state index is 13.0. The number of carbonyl (C=O) groups excluding carboxylic acids is 4. The molecule has 0 aliphatic carbocycles. The third-order valence-corrected chi connectivity index (χ3v) is 7.54. The molecule has 0 radical (unpaired) electrons. The normalized spacial score (nSPS) is 44.7. The molecule has 1 unspecified atom stereocenters. The van der Waals surface area contributed by atoms with Gasteiger partial charge in [0.25, 0.3) is 0 Å². The number of ether oxygens (including phenoxy) is 7. The summed E-state index contributed by atoms with van der Waals surface area (Å²) in [5.41, 5.74) is 0. The van der Waals surface area contributed by atoms with Crippen molar-refractivity contribution < 1.29 is 93.2 Å². The third-order valence-electron chi connectivity index (χ3n) is 7.54. The maximum absolute atomic E-state index is 13.0. The Hall–Kier alpha value is -2.56. The van der Waals surface area contributed by atoms with Crippen molar-refractivity contribution in [2.45, 2.75) is 105 Å². The predicted octanol–water partition coefficient (Wildman–Crippen LogP) is -4.76. The zero-order chi connectivity index (χ0) is 31.8. The van der Waals surface area contributed by atoms with Crippen LogP contribution in [0.4, 0.5) is 0 Å². The van der Waals surface area contributed by atoms with Crippen molar-refractivity contribution in [1.29, 1.82) is 0 Å². The Kier molecular flexibility index (Phi) is 9.37. The fraction of sp³-hybridized carbons (Fsp3) is 0.833. The van der Waals surface area contributed by atoms with E-state index in [0.29, 0.717) is 0 Å². The van der Waals surface area contributed by atoms with Crippen LogP contribution in [0.3, 0.4) is 0 Å². The molecule has 4 rings (SSSR count). The summed E-state index contributed by atoms with van der Waals surface area (Å²) in [5, 5.41) is 87.0. The summed E-state index contributed by atoms with van der Waals surface area (Å²) in [6, 6.07) is 0. The molecule has 0 spiro atoms. The molecule has 0 aromatic heterocycles. The predicted molar refractivity (Wildman–Crippen MR) is 126 cm³/mol. The maximum Gasteiger partial charge on any atom is 0.409 e. The van der Waals surface area contributed by atoms with Gasteiger partial charge in [-0.25, -0.2) is 0 Å². The second-order valence-electron chi connectivity index (χ2n) is 10.5. The fourth-order valence-corrected chi connectivity index (χ4v) is 5.21. The first-order chi connectivity index (χ1) is 20.2. The lowest BCUT2D eigenvalue weighted by Gasteiger charge is -2.59. The van der Waals surface area contributed by atoms with Gasteiger partial charge in [-0.2, -0.15) is 0 Å². The quantitative estimate of drug-likeness (QED) is 0.105. The number of hydrogen-bond acceptors (Lipinski definition) is 19. The molecular weight excluding hydrogens is 592 g/mol. The average Bonchev–Trinajstić information content (AvgIpc) is 3.19. The summed E-state index contributed by atoms with van der Waals surface area (Å²) in [6.45, 7) is -3.98. The summed E-state index contributed by atoms with van der Waals surface area (Å²) in [6.07, 6.45) is -10.9. The van der Waals surface area contributed by atoms with E-state index in [1.165, 1.54) is 0 Å². The van der Waals surface area contributed by atoms with Crippen LogP contribution < -0.4 is 0 Å². The lowest BCUT2D eigenvalue weighted by molar-refractivity contribution is -0.615. The van der Waals surface area contributed by atoms with E-state index in [0.717, 1.165) is 0 Å². The van der Waals surface area contributed by atoms with Crippen molar-refractivity contribution in [2.75, 3.05) is 19.8 Å². The highest BCUT2D eigenvalue weighted by Gasteiger charge is 2.89. The minimum atomic E-state index is -4.33. The Bertz CT molecular complexity index is 1100. The fourth-order valence-electron chi connectivity index (χ4n) is 5.21. The van der Waals surface area contributed by atoms with E-state index >= 15 is 0 Å². The minimum Gasteiger partial charge on any atom is -0.423 e. The highest BCUT2D eigenvalue weighted by molar-refractivity contribution is 5.74. The lowest BCUT2D eigenvalue weighted by Crippen LogP contribution is -2.88. The SMILES string of the molecule is O=C1CCCCC(=O)O[C@]2(O)[C@@](OC3(CO)O[C@H](CO)[C@@H](O)[C@@H]3O)(O1)O[C@H](CO)[C@]1(O)OC(=O)CCCCC(=O)O[C@@]21O. The molecule has 4 fully saturated rings. The van der Waals surface area contributed by atoms with Crippen LogP contribution in [0, 0.1) is 0 Å². The van der Waals surface area contributed by atoms with Gasteiger partial charge in [0.15, 0.2) is 6.10 Å². The van der Waals surface area contributed by atoms with E-state index in [2.05, 4.69) is 0 Å². The van der Waals surface area contributed by atoms with Gasteiger partial charge in [-0.1, -0.05) is 0 Å². The van der Waals surface area contributed by atoms with E-state index < -0.39 is 123 Å². The molecule has 19 nitrogen and oxygen atoms in total. The molecule has 19 heteroatoms. The van der Waals surface area contributed by atoms with Gasteiger partial charge in [0.05, 0.1) is 13.2 Å². The molecule has 4 heterocycles. The van der Waals surface area contributed by atoms with Crippen LogP contribution in [0.25, 0.3) is 0 Å². The van der Waals surface area contributed by atoms with Gasteiger partial charge in [0.2, 0.25) is 5.79 Å². The second kappa shape index (κ2) is 12.1. The smallest absolute Gasteiger partial charge is 0.409 e.